The molecule has 0 aromatic carbocycles. The second kappa shape index (κ2) is 5.18. The molecule has 2 N–H and O–H groups in total. The average molecular weight is 253 g/mol. The molecule has 0 aliphatic carbocycles. The third-order valence-corrected chi connectivity index (χ3v) is 2.72. The van der Waals surface area contributed by atoms with Crippen LogP contribution in [0.15, 0.2) is 17.1 Å². The van der Waals surface area contributed by atoms with Crippen molar-refractivity contribution in [3.8, 4) is 0 Å². The minimum absolute atomic E-state index is 0.177. The van der Waals surface area contributed by atoms with E-state index in [0.717, 1.165) is 6.42 Å². The zero-order chi connectivity index (χ0) is 13.1. The molecule has 7 heteroatoms. The first-order chi connectivity index (χ1) is 8.56. The molecule has 1 saturated heterocycles. The van der Waals surface area contributed by atoms with Crippen molar-refractivity contribution in [2.24, 2.45) is 0 Å². The second-order valence-electron chi connectivity index (χ2n) is 4.13. The average Bonchev–Trinajstić information content (AvgIpc) is 2.75. The Morgan fingerprint density at radius 1 is 1.67 bits per heavy atom. The summed E-state index contributed by atoms with van der Waals surface area (Å²) >= 11 is 0. The lowest BCUT2D eigenvalue weighted by atomic mass is 10.2. The number of carbonyl (C=O) groups is 1. The van der Waals surface area contributed by atoms with E-state index in [1.54, 1.807) is 12.3 Å². The van der Waals surface area contributed by atoms with Gasteiger partial charge in [0.2, 0.25) is 0 Å². The summed E-state index contributed by atoms with van der Waals surface area (Å²) < 4.78 is 11.9. The minimum Gasteiger partial charge on any atom is -0.463 e. The van der Waals surface area contributed by atoms with E-state index in [0.29, 0.717) is 6.42 Å². The highest BCUT2D eigenvalue weighted by Crippen LogP contribution is 2.27. The van der Waals surface area contributed by atoms with Gasteiger partial charge in [-0.1, -0.05) is 0 Å². The van der Waals surface area contributed by atoms with Gasteiger partial charge in [-0.3, -0.25) is 9.36 Å². The van der Waals surface area contributed by atoms with Crippen LogP contribution in [0.25, 0.3) is 0 Å². The van der Waals surface area contributed by atoms with Crippen molar-refractivity contribution in [1.82, 2.24) is 9.55 Å². The third kappa shape index (κ3) is 2.86. The van der Waals surface area contributed by atoms with Crippen molar-refractivity contribution in [2.45, 2.75) is 32.1 Å². The maximum absolute atomic E-state index is 11.6. The number of hydrogen-bond donors (Lipinski definition) is 1. The van der Waals surface area contributed by atoms with Crippen LogP contribution in [-0.2, 0) is 14.3 Å². The maximum atomic E-state index is 11.6. The molecule has 1 aliphatic heterocycles. The van der Waals surface area contributed by atoms with Crippen LogP contribution in [-0.4, -0.2) is 28.2 Å². The molecule has 0 amide bonds. The fourth-order valence-electron chi connectivity index (χ4n) is 1.87. The highest BCUT2D eigenvalue weighted by atomic mass is 16.6. The molecule has 2 atom stereocenters. The molecule has 2 heterocycles. The van der Waals surface area contributed by atoms with Crippen LogP contribution >= 0.6 is 0 Å². The van der Waals surface area contributed by atoms with Crippen LogP contribution in [0, 0.1) is 0 Å². The summed E-state index contributed by atoms with van der Waals surface area (Å²) in [5, 5.41) is 0. The van der Waals surface area contributed by atoms with E-state index in [1.807, 2.05) is 0 Å². The smallest absolute Gasteiger partial charge is 0.351 e. The molecule has 0 bridgehead atoms. The summed E-state index contributed by atoms with van der Waals surface area (Å²) in [5.41, 5.74) is 4.97. The lowest BCUT2D eigenvalue weighted by Crippen LogP contribution is -2.28. The van der Waals surface area contributed by atoms with Gasteiger partial charge in [0.25, 0.3) is 0 Å². The molecule has 1 aliphatic rings. The molecule has 0 unspecified atom stereocenters. The highest BCUT2D eigenvalue weighted by molar-refractivity contribution is 5.65. The molecule has 1 fully saturated rings. The summed E-state index contributed by atoms with van der Waals surface area (Å²) in [6.07, 6.45) is 2.42. The van der Waals surface area contributed by atoms with E-state index in [9.17, 15) is 9.59 Å². The lowest BCUT2D eigenvalue weighted by Gasteiger charge is -2.15. The molecule has 0 saturated carbocycles. The first kappa shape index (κ1) is 12.6. The van der Waals surface area contributed by atoms with Crippen LogP contribution in [0.2, 0.25) is 0 Å². The molecular formula is C11H15N3O4. The molecule has 7 nitrogen and oxygen atoms in total. The fourth-order valence-corrected chi connectivity index (χ4v) is 1.87. The van der Waals surface area contributed by atoms with Crippen LogP contribution < -0.4 is 11.4 Å². The van der Waals surface area contributed by atoms with E-state index >= 15 is 0 Å². The van der Waals surface area contributed by atoms with Crippen molar-refractivity contribution in [1.29, 1.82) is 0 Å². The maximum Gasteiger partial charge on any atom is 0.351 e. The normalized spacial score (nSPS) is 22.9. The fraction of sp³-hybridized carbons (Fsp3) is 0.545. The Kier molecular flexibility index (Phi) is 3.61. The van der Waals surface area contributed by atoms with Gasteiger partial charge in [-0.15, -0.1) is 0 Å². The number of nitrogens with two attached hydrogens (primary N) is 1. The largest absolute Gasteiger partial charge is 0.463 e. The van der Waals surface area contributed by atoms with Gasteiger partial charge < -0.3 is 15.2 Å². The second-order valence-corrected chi connectivity index (χ2v) is 4.13. The van der Waals surface area contributed by atoms with E-state index in [4.69, 9.17) is 15.2 Å². The Morgan fingerprint density at radius 2 is 2.44 bits per heavy atom. The number of hydrogen-bond acceptors (Lipinski definition) is 6. The zero-order valence-corrected chi connectivity index (χ0v) is 10.0. The number of carbonyl (C=O) groups excluding carboxylic acids is 1. The Bertz CT molecular complexity index is 499. The summed E-state index contributed by atoms with van der Waals surface area (Å²) in [6.45, 7) is 1.56. The van der Waals surface area contributed by atoms with Gasteiger partial charge in [-0.25, -0.2) is 4.79 Å². The Morgan fingerprint density at radius 3 is 3.11 bits per heavy atom. The Labute approximate surface area is 104 Å². The van der Waals surface area contributed by atoms with Crippen LogP contribution in [0.5, 0.6) is 0 Å². The number of aromatic nitrogens is 2. The van der Waals surface area contributed by atoms with Crippen molar-refractivity contribution in [3.05, 3.63) is 22.7 Å². The number of nitrogen functional groups attached to an aromatic ring is 1. The van der Waals surface area contributed by atoms with E-state index in [-0.39, 0.29) is 30.7 Å². The standard InChI is InChI=1S/C11H15N3O4/c1-7(15)17-6-8-2-3-10(18-8)14-5-4-9(12)13-11(14)16/h4-5,8,10H,2-3,6H2,1H3,(H2,12,13,16)/t8-,10+/m0/s1. The van der Waals surface area contributed by atoms with Gasteiger partial charge in [-0.05, 0) is 18.9 Å². The SMILES string of the molecule is CC(=O)OC[C@@H]1CC[C@H](n2ccc(N)nc2=O)O1. The quantitative estimate of drug-likeness (QED) is 0.765. The molecule has 98 valence electrons. The number of nitrogens with zero attached hydrogens (tertiary/aromatic N) is 2. The van der Waals surface area contributed by atoms with Crippen molar-refractivity contribution in [2.75, 3.05) is 12.3 Å². The van der Waals surface area contributed by atoms with Crippen LogP contribution in [0.3, 0.4) is 0 Å². The molecular weight excluding hydrogens is 238 g/mol. The minimum atomic E-state index is -0.437. The predicted molar refractivity (Wildman–Crippen MR) is 62.7 cm³/mol. The van der Waals surface area contributed by atoms with E-state index in [2.05, 4.69) is 4.98 Å². The third-order valence-electron chi connectivity index (χ3n) is 2.72. The molecule has 1 aromatic rings. The number of anilines is 1. The first-order valence-electron chi connectivity index (χ1n) is 5.70. The molecule has 0 spiro atoms. The van der Waals surface area contributed by atoms with Gasteiger partial charge in [-0.2, -0.15) is 4.98 Å². The summed E-state index contributed by atoms with van der Waals surface area (Å²) in [6, 6.07) is 1.55. The summed E-state index contributed by atoms with van der Waals surface area (Å²) in [4.78, 5) is 25.9. The number of esters is 1. The summed E-state index contributed by atoms with van der Waals surface area (Å²) in [7, 11) is 0. The van der Waals surface area contributed by atoms with Gasteiger partial charge in [0.15, 0.2) is 0 Å². The highest BCUT2D eigenvalue weighted by Gasteiger charge is 2.28. The topological polar surface area (TPSA) is 96.4 Å². The number of ether oxygens (including phenoxy) is 2. The lowest BCUT2D eigenvalue weighted by molar-refractivity contribution is -0.145. The molecule has 18 heavy (non-hydrogen) atoms. The van der Waals surface area contributed by atoms with E-state index in [1.165, 1.54) is 11.5 Å². The Hall–Kier alpha value is -1.89. The molecule has 2 rings (SSSR count). The number of rotatable bonds is 3. The van der Waals surface area contributed by atoms with E-state index < -0.39 is 5.69 Å². The zero-order valence-electron chi connectivity index (χ0n) is 10.0. The van der Waals surface area contributed by atoms with Gasteiger partial charge in [0.1, 0.15) is 18.7 Å². The van der Waals surface area contributed by atoms with Crippen molar-refractivity contribution in [3.63, 3.8) is 0 Å². The monoisotopic (exact) mass is 253 g/mol. The first-order valence-corrected chi connectivity index (χ1v) is 5.70. The Balaban J connectivity index is 2.00. The van der Waals surface area contributed by atoms with Gasteiger partial charge in [0, 0.05) is 13.1 Å². The predicted octanol–water partition coefficient (Wildman–Crippen LogP) is 0.0662. The van der Waals surface area contributed by atoms with Gasteiger partial charge >= 0.3 is 11.7 Å². The molecule has 1 aromatic heterocycles. The van der Waals surface area contributed by atoms with Crippen molar-refractivity contribution < 1.29 is 14.3 Å². The molecule has 0 radical (unpaired) electrons. The summed E-state index contributed by atoms with van der Waals surface area (Å²) in [5.74, 6) is -0.154. The van der Waals surface area contributed by atoms with Gasteiger partial charge in [0.05, 0.1) is 6.10 Å². The van der Waals surface area contributed by atoms with Crippen LogP contribution in [0.1, 0.15) is 26.0 Å². The van der Waals surface area contributed by atoms with Crippen LogP contribution in [0.4, 0.5) is 5.82 Å². The van der Waals surface area contributed by atoms with Crippen molar-refractivity contribution >= 4 is 11.8 Å².